The number of carbonyl (C=O) groups excluding carboxylic acids is 1. The average Bonchev–Trinajstić information content (AvgIpc) is 2.73. The van der Waals surface area contributed by atoms with E-state index in [2.05, 4.69) is 10.3 Å². The van der Waals surface area contributed by atoms with Crippen LogP contribution < -0.4 is 5.32 Å². The van der Waals surface area contributed by atoms with Crippen molar-refractivity contribution >= 4 is 23.2 Å². The second-order valence-electron chi connectivity index (χ2n) is 5.24. The van der Waals surface area contributed by atoms with Crippen molar-refractivity contribution in [2.24, 2.45) is 5.92 Å². The van der Waals surface area contributed by atoms with Gasteiger partial charge in [-0.1, -0.05) is 27.7 Å². The number of thiazole rings is 1. The van der Waals surface area contributed by atoms with Crippen LogP contribution in [0, 0.1) is 5.92 Å². The molecular weight excluding hydrogens is 252 g/mol. The van der Waals surface area contributed by atoms with Crippen LogP contribution in [0.4, 0.5) is 0 Å². The molecule has 1 heterocycles. The largest absolute Gasteiger partial charge is 0.481 e. The Morgan fingerprint density at radius 2 is 2.11 bits per heavy atom. The zero-order valence-electron chi connectivity index (χ0n) is 11.0. The maximum atomic E-state index is 11.8. The summed E-state index contributed by atoms with van der Waals surface area (Å²) in [7, 11) is 0. The van der Waals surface area contributed by atoms with Crippen LogP contribution in [0.15, 0.2) is 5.38 Å². The number of nitrogens with zero attached hydrogens (tertiary/aromatic N) is 1. The van der Waals surface area contributed by atoms with E-state index in [0.29, 0.717) is 5.69 Å². The Morgan fingerprint density at radius 1 is 1.50 bits per heavy atom. The first-order valence-electron chi connectivity index (χ1n) is 5.69. The minimum absolute atomic E-state index is 0.0858. The second kappa shape index (κ2) is 5.48. The summed E-state index contributed by atoms with van der Waals surface area (Å²) in [6.07, 6.45) is 0. The molecule has 1 rings (SSSR count). The Morgan fingerprint density at radius 3 is 2.56 bits per heavy atom. The fourth-order valence-electron chi connectivity index (χ4n) is 1.15. The first kappa shape index (κ1) is 14.6. The molecule has 0 radical (unpaired) electrons. The summed E-state index contributed by atoms with van der Waals surface area (Å²) in [4.78, 5) is 26.6. The Hall–Kier alpha value is -1.43. The van der Waals surface area contributed by atoms with Crippen molar-refractivity contribution in [3.63, 3.8) is 0 Å². The molecule has 1 unspecified atom stereocenters. The Kier molecular flexibility index (Phi) is 4.45. The van der Waals surface area contributed by atoms with Crippen LogP contribution in [0.3, 0.4) is 0 Å². The molecule has 2 N–H and O–H groups in total. The van der Waals surface area contributed by atoms with E-state index in [1.54, 1.807) is 12.3 Å². The number of nitrogens with one attached hydrogen (secondary N) is 1. The number of carboxylic acid groups (broad SMARTS) is 1. The van der Waals surface area contributed by atoms with Gasteiger partial charge in [0.2, 0.25) is 0 Å². The van der Waals surface area contributed by atoms with Gasteiger partial charge in [0.1, 0.15) is 5.69 Å². The monoisotopic (exact) mass is 270 g/mol. The van der Waals surface area contributed by atoms with Crippen molar-refractivity contribution in [3.8, 4) is 0 Å². The number of aromatic nitrogens is 1. The minimum atomic E-state index is -0.927. The van der Waals surface area contributed by atoms with Gasteiger partial charge in [-0.25, -0.2) is 4.98 Å². The molecule has 0 bridgehead atoms. The van der Waals surface area contributed by atoms with Gasteiger partial charge in [-0.2, -0.15) is 0 Å². The van der Waals surface area contributed by atoms with Gasteiger partial charge in [0.05, 0.1) is 10.9 Å². The average molecular weight is 270 g/mol. The predicted molar refractivity (Wildman–Crippen MR) is 69.9 cm³/mol. The predicted octanol–water partition coefficient (Wildman–Crippen LogP) is 1.89. The molecular formula is C12H18N2O3S. The SMILES string of the molecule is CC(CNC(=O)c1csc(C(C)(C)C)n1)C(=O)O. The fraction of sp³-hybridized carbons (Fsp3) is 0.583. The Labute approximate surface area is 110 Å². The lowest BCUT2D eigenvalue weighted by molar-refractivity contribution is -0.140. The van der Waals surface area contributed by atoms with Crippen LogP contribution in [0.25, 0.3) is 0 Å². The highest BCUT2D eigenvalue weighted by Crippen LogP contribution is 2.25. The number of rotatable bonds is 4. The molecule has 1 amide bonds. The Balaban J connectivity index is 2.63. The topological polar surface area (TPSA) is 79.3 Å². The van der Waals surface area contributed by atoms with E-state index in [9.17, 15) is 9.59 Å². The van der Waals surface area contributed by atoms with Crippen LogP contribution in [-0.2, 0) is 10.2 Å². The van der Waals surface area contributed by atoms with Gasteiger partial charge in [-0.3, -0.25) is 9.59 Å². The number of hydrogen-bond acceptors (Lipinski definition) is 4. The molecule has 100 valence electrons. The molecule has 0 aliphatic rings. The van der Waals surface area contributed by atoms with Crippen molar-refractivity contribution in [2.75, 3.05) is 6.54 Å². The van der Waals surface area contributed by atoms with Gasteiger partial charge in [-0.05, 0) is 0 Å². The number of aliphatic carboxylic acids is 1. The Bertz CT molecular complexity index is 448. The molecule has 0 saturated heterocycles. The molecule has 0 aliphatic carbocycles. The van der Waals surface area contributed by atoms with Gasteiger partial charge in [0, 0.05) is 17.3 Å². The highest BCUT2D eigenvalue weighted by atomic mass is 32.1. The molecule has 5 nitrogen and oxygen atoms in total. The summed E-state index contributed by atoms with van der Waals surface area (Å²) in [5, 5.41) is 13.9. The second-order valence-corrected chi connectivity index (χ2v) is 6.10. The van der Waals surface area contributed by atoms with Gasteiger partial charge in [-0.15, -0.1) is 11.3 Å². The van der Waals surface area contributed by atoms with Crippen LogP contribution >= 0.6 is 11.3 Å². The maximum absolute atomic E-state index is 11.8. The van der Waals surface area contributed by atoms with E-state index in [0.717, 1.165) is 5.01 Å². The van der Waals surface area contributed by atoms with Gasteiger partial charge in [0.15, 0.2) is 0 Å². The third-order valence-corrected chi connectivity index (χ3v) is 3.64. The van der Waals surface area contributed by atoms with Crippen LogP contribution in [0.1, 0.15) is 43.2 Å². The van der Waals surface area contributed by atoms with Gasteiger partial charge < -0.3 is 10.4 Å². The summed E-state index contributed by atoms with van der Waals surface area (Å²) in [6.45, 7) is 7.74. The minimum Gasteiger partial charge on any atom is -0.481 e. The van der Waals surface area contributed by atoms with Gasteiger partial charge >= 0.3 is 5.97 Å². The van der Waals surface area contributed by atoms with Crippen molar-refractivity contribution in [3.05, 3.63) is 16.1 Å². The maximum Gasteiger partial charge on any atom is 0.308 e. The zero-order valence-corrected chi connectivity index (χ0v) is 11.8. The lowest BCUT2D eigenvalue weighted by Gasteiger charge is -2.13. The van der Waals surface area contributed by atoms with Crippen molar-refractivity contribution in [2.45, 2.75) is 33.1 Å². The summed E-state index contributed by atoms with van der Waals surface area (Å²) in [6, 6.07) is 0. The summed E-state index contributed by atoms with van der Waals surface area (Å²) in [5.41, 5.74) is 0.264. The normalized spacial score (nSPS) is 13.1. The van der Waals surface area contributed by atoms with E-state index >= 15 is 0 Å². The fourth-order valence-corrected chi connectivity index (χ4v) is 2.03. The highest BCUT2D eigenvalue weighted by Gasteiger charge is 2.21. The van der Waals surface area contributed by atoms with Crippen LogP contribution in [0.5, 0.6) is 0 Å². The van der Waals surface area contributed by atoms with E-state index in [4.69, 9.17) is 5.11 Å². The molecule has 18 heavy (non-hydrogen) atoms. The van der Waals surface area contributed by atoms with Gasteiger partial charge in [0.25, 0.3) is 5.91 Å². The molecule has 0 saturated carbocycles. The summed E-state index contributed by atoms with van der Waals surface area (Å²) in [5.74, 6) is -1.85. The summed E-state index contributed by atoms with van der Waals surface area (Å²) >= 11 is 1.44. The van der Waals surface area contributed by atoms with E-state index < -0.39 is 11.9 Å². The smallest absolute Gasteiger partial charge is 0.308 e. The van der Waals surface area contributed by atoms with Crippen LogP contribution in [-0.4, -0.2) is 28.5 Å². The van der Waals surface area contributed by atoms with Crippen LogP contribution in [0.2, 0.25) is 0 Å². The van der Waals surface area contributed by atoms with E-state index in [1.807, 2.05) is 20.8 Å². The number of amides is 1. The first-order chi connectivity index (χ1) is 8.21. The molecule has 1 aromatic rings. The molecule has 0 spiro atoms. The van der Waals surface area contributed by atoms with Crippen molar-refractivity contribution < 1.29 is 14.7 Å². The number of carbonyl (C=O) groups is 2. The molecule has 6 heteroatoms. The highest BCUT2D eigenvalue weighted by molar-refractivity contribution is 7.10. The first-order valence-corrected chi connectivity index (χ1v) is 6.57. The molecule has 0 aliphatic heterocycles. The quantitative estimate of drug-likeness (QED) is 0.875. The number of hydrogen-bond donors (Lipinski definition) is 2. The molecule has 1 aromatic heterocycles. The molecule has 0 fully saturated rings. The van der Waals surface area contributed by atoms with Crippen molar-refractivity contribution in [1.29, 1.82) is 0 Å². The van der Waals surface area contributed by atoms with E-state index in [-0.39, 0.29) is 17.9 Å². The number of carboxylic acids is 1. The summed E-state index contributed by atoms with van der Waals surface area (Å²) < 4.78 is 0. The van der Waals surface area contributed by atoms with E-state index in [1.165, 1.54) is 11.3 Å². The lowest BCUT2D eigenvalue weighted by Crippen LogP contribution is -2.31. The van der Waals surface area contributed by atoms with Crippen molar-refractivity contribution in [1.82, 2.24) is 10.3 Å². The molecule has 1 atom stereocenters. The third-order valence-electron chi connectivity index (χ3n) is 2.37. The third kappa shape index (κ3) is 3.80. The lowest BCUT2D eigenvalue weighted by atomic mass is 9.98. The molecule has 0 aromatic carbocycles. The zero-order chi connectivity index (χ0) is 13.9. The standard InChI is InChI=1S/C12H18N2O3S/c1-7(10(16)17)5-13-9(15)8-6-18-11(14-8)12(2,3)4/h6-7H,5H2,1-4H3,(H,13,15)(H,16,17).